The molecule has 192 valence electrons. The summed E-state index contributed by atoms with van der Waals surface area (Å²) < 4.78 is 243. The Morgan fingerprint density at radius 2 is 0.719 bits per heavy atom. The Hall–Kier alpha value is -1.90. The lowest BCUT2D eigenvalue weighted by Crippen LogP contribution is -2.75. The molecule has 0 aromatic heterocycles. The number of carboxylic acid groups (broad SMARTS) is 1. The molecule has 0 aliphatic rings. The molecule has 0 atom stereocenters. The number of ether oxygens (including phenoxy) is 1. The van der Waals surface area contributed by atoms with E-state index in [1.807, 2.05) is 0 Å². The molecule has 0 saturated carbocycles. The number of aliphatic carboxylic acids is 1. The van der Waals surface area contributed by atoms with Crippen LogP contribution in [0.25, 0.3) is 0 Å². The fourth-order valence-electron chi connectivity index (χ4n) is 1.51. The predicted octanol–water partition coefficient (Wildman–Crippen LogP) is 5.65. The first-order valence-corrected chi connectivity index (χ1v) is 6.43. The molecule has 32 heavy (non-hydrogen) atoms. The smallest absolute Gasteiger partial charge is 0.477 e. The van der Waals surface area contributed by atoms with E-state index in [2.05, 4.69) is 0 Å². The van der Waals surface area contributed by atoms with E-state index in [4.69, 9.17) is 5.11 Å². The highest BCUT2D eigenvalue weighted by molar-refractivity contribution is 5.77. The molecule has 0 aliphatic carbocycles. The van der Waals surface area contributed by atoms with Crippen LogP contribution in [-0.4, -0.2) is 65.0 Å². The van der Waals surface area contributed by atoms with Gasteiger partial charge in [0.2, 0.25) is 0 Å². The van der Waals surface area contributed by atoms with E-state index in [0.29, 0.717) is 0 Å². The average molecular weight is 530 g/mol. The van der Waals surface area contributed by atoms with Crippen molar-refractivity contribution in [3.8, 4) is 0 Å². The minimum absolute atomic E-state index is 1.05. The molecule has 0 heterocycles. The zero-order valence-corrected chi connectivity index (χ0v) is 13.4. The number of hydrogen-bond acceptors (Lipinski definition) is 2. The SMILES string of the molecule is O=C(O)C(F)(F)C(F)(F)C(F)(F)C(F)(F)C(F)(F)C(F)(F)C(F)(F)C(F)(F)OC(F)(F)F. The summed E-state index contributed by atoms with van der Waals surface area (Å²) in [4.78, 5) is 9.83. The van der Waals surface area contributed by atoms with Gasteiger partial charge in [0.05, 0.1) is 0 Å². The van der Waals surface area contributed by atoms with Crippen molar-refractivity contribution < 1.29 is 98.1 Å². The van der Waals surface area contributed by atoms with Gasteiger partial charge in [-0.25, -0.2) is 9.53 Å². The minimum Gasteiger partial charge on any atom is -0.477 e. The van der Waals surface area contributed by atoms with Crippen molar-refractivity contribution in [3.05, 3.63) is 0 Å². The van der Waals surface area contributed by atoms with Crippen LogP contribution in [0.5, 0.6) is 0 Å². The number of alkyl halides is 19. The van der Waals surface area contributed by atoms with Crippen molar-refractivity contribution in [1.29, 1.82) is 0 Å². The number of carbonyl (C=O) groups is 1. The van der Waals surface area contributed by atoms with Crippen molar-refractivity contribution in [2.45, 2.75) is 53.9 Å². The Morgan fingerprint density at radius 1 is 0.469 bits per heavy atom. The van der Waals surface area contributed by atoms with Crippen LogP contribution in [0.3, 0.4) is 0 Å². The molecule has 3 nitrogen and oxygen atoms in total. The second-order valence-electron chi connectivity index (χ2n) is 5.39. The monoisotopic (exact) mass is 530 g/mol. The summed E-state index contributed by atoms with van der Waals surface area (Å²) in [5, 5.41) is 7.63. The Morgan fingerprint density at radius 3 is 0.969 bits per heavy atom. The summed E-state index contributed by atoms with van der Waals surface area (Å²) >= 11 is 0. The van der Waals surface area contributed by atoms with Crippen LogP contribution in [0.2, 0.25) is 0 Å². The normalized spacial score (nSPS) is 16.3. The van der Waals surface area contributed by atoms with Crippen LogP contribution in [0, 0.1) is 0 Å². The molecule has 0 aliphatic heterocycles. The molecule has 0 unspecified atom stereocenters. The minimum atomic E-state index is -9.00. The molecule has 0 amide bonds. The molecule has 0 aromatic carbocycles. The third kappa shape index (κ3) is 3.86. The fourth-order valence-corrected chi connectivity index (χ4v) is 1.51. The van der Waals surface area contributed by atoms with Gasteiger partial charge in [0.1, 0.15) is 0 Å². The number of carboxylic acids is 1. The van der Waals surface area contributed by atoms with E-state index >= 15 is 0 Å². The summed E-state index contributed by atoms with van der Waals surface area (Å²) in [7, 11) is 0. The first-order valence-electron chi connectivity index (χ1n) is 6.43. The topological polar surface area (TPSA) is 46.5 Å². The Labute approximate surface area is 159 Å². The van der Waals surface area contributed by atoms with Crippen molar-refractivity contribution in [2.75, 3.05) is 0 Å². The predicted molar refractivity (Wildman–Crippen MR) is 54.4 cm³/mol. The Bertz CT molecular complexity index is 719. The molecule has 0 spiro atoms. The van der Waals surface area contributed by atoms with Crippen molar-refractivity contribution >= 4 is 5.97 Å². The van der Waals surface area contributed by atoms with Crippen molar-refractivity contribution in [2.24, 2.45) is 0 Å². The third-order valence-electron chi connectivity index (χ3n) is 3.24. The molecule has 1 N–H and O–H groups in total. The summed E-state index contributed by atoms with van der Waals surface area (Å²) in [6.45, 7) is 0. The third-order valence-corrected chi connectivity index (χ3v) is 3.24. The van der Waals surface area contributed by atoms with Crippen LogP contribution in [-0.2, 0) is 9.53 Å². The highest BCUT2D eigenvalue weighted by Gasteiger charge is 2.96. The maximum atomic E-state index is 13.2. The Kier molecular flexibility index (Phi) is 6.87. The van der Waals surface area contributed by atoms with Gasteiger partial charge in [-0.3, -0.25) is 0 Å². The van der Waals surface area contributed by atoms with Gasteiger partial charge in [-0.2, -0.15) is 70.2 Å². The van der Waals surface area contributed by atoms with Gasteiger partial charge < -0.3 is 5.11 Å². The van der Waals surface area contributed by atoms with Crippen LogP contribution in [0.15, 0.2) is 0 Å². The molecule has 0 saturated heterocycles. The van der Waals surface area contributed by atoms with E-state index in [9.17, 15) is 88.2 Å². The lowest BCUT2D eigenvalue weighted by atomic mass is 9.89. The first kappa shape index (κ1) is 30.1. The molecular formula is C10HF19O3. The van der Waals surface area contributed by atoms with E-state index < -0.39 is 59.9 Å². The summed E-state index contributed by atoms with van der Waals surface area (Å²) in [6, 6.07) is 0. The van der Waals surface area contributed by atoms with Gasteiger partial charge in [0.25, 0.3) is 0 Å². The lowest BCUT2D eigenvalue weighted by molar-refractivity contribution is -0.509. The van der Waals surface area contributed by atoms with Gasteiger partial charge in [-0.1, -0.05) is 0 Å². The first-order chi connectivity index (χ1) is 13.4. The Balaban J connectivity index is 6.84. The highest BCUT2D eigenvalue weighted by atomic mass is 19.4. The number of halogens is 19. The molecule has 0 fully saturated rings. The molecule has 0 radical (unpaired) electrons. The molecule has 0 aromatic rings. The largest absolute Gasteiger partial charge is 0.527 e. The van der Waals surface area contributed by atoms with Gasteiger partial charge in [-0.15, -0.1) is 13.2 Å². The average Bonchev–Trinajstić information content (AvgIpc) is 2.50. The quantitative estimate of drug-likeness (QED) is 0.393. The van der Waals surface area contributed by atoms with E-state index in [-0.39, 0.29) is 0 Å². The van der Waals surface area contributed by atoms with Crippen molar-refractivity contribution in [3.63, 3.8) is 0 Å². The van der Waals surface area contributed by atoms with Crippen LogP contribution in [0.1, 0.15) is 0 Å². The van der Waals surface area contributed by atoms with Crippen LogP contribution in [0.4, 0.5) is 83.4 Å². The highest BCUT2D eigenvalue weighted by Crippen LogP contribution is 2.64. The lowest BCUT2D eigenvalue weighted by Gasteiger charge is -2.42. The molecule has 0 bridgehead atoms. The zero-order chi connectivity index (χ0) is 26.8. The van der Waals surface area contributed by atoms with E-state index in [0.717, 1.165) is 4.74 Å². The second kappa shape index (κ2) is 7.30. The second-order valence-corrected chi connectivity index (χ2v) is 5.39. The molecule has 0 rings (SSSR count). The zero-order valence-electron chi connectivity index (χ0n) is 13.4. The van der Waals surface area contributed by atoms with Gasteiger partial charge in [0.15, 0.2) is 0 Å². The van der Waals surface area contributed by atoms with Gasteiger partial charge in [-0.05, 0) is 0 Å². The maximum absolute atomic E-state index is 13.2. The van der Waals surface area contributed by atoms with Crippen LogP contribution < -0.4 is 0 Å². The summed E-state index contributed by atoms with van der Waals surface area (Å²) in [5.41, 5.74) is 0. The van der Waals surface area contributed by atoms with E-state index in [1.165, 1.54) is 0 Å². The van der Waals surface area contributed by atoms with Crippen molar-refractivity contribution in [1.82, 2.24) is 0 Å². The summed E-state index contributed by atoms with van der Waals surface area (Å²) in [6.07, 6.45) is -15.1. The van der Waals surface area contributed by atoms with E-state index in [1.54, 1.807) is 0 Å². The molecular weight excluding hydrogens is 529 g/mol. The maximum Gasteiger partial charge on any atom is 0.527 e. The fraction of sp³-hybridized carbons (Fsp3) is 0.900. The number of hydrogen-bond donors (Lipinski definition) is 1. The number of rotatable bonds is 9. The van der Waals surface area contributed by atoms with Gasteiger partial charge in [0, 0.05) is 0 Å². The summed E-state index contributed by atoms with van der Waals surface area (Å²) in [5.74, 6) is -64.4. The van der Waals surface area contributed by atoms with Crippen LogP contribution >= 0.6 is 0 Å². The van der Waals surface area contributed by atoms with Gasteiger partial charge >= 0.3 is 59.9 Å². The molecule has 22 heteroatoms. The standard InChI is InChI=1S/C10HF19O3/c11-2(12,1(30)31)3(13,14)4(15,16)5(17,18)6(19,20)7(21,22)8(23,24)9(25,26)32-10(27,28)29/h(H,30,31).